The van der Waals surface area contributed by atoms with E-state index in [4.69, 9.17) is 0 Å². The topological polar surface area (TPSA) is 0 Å². The summed E-state index contributed by atoms with van der Waals surface area (Å²) in [6, 6.07) is 2.24. The molecule has 0 N–H and O–H groups in total. The zero-order chi connectivity index (χ0) is 10.7. The predicted octanol–water partition coefficient (Wildman–Crippen LogP) is 5.06. The van der Waals surface area contributed by atoms with Gasteiger partial charge in [-0.1, -0.05) is 34.1 Å². The largest absolute Gasteiger partial charge is 0.144 e. The molecule has 0 aliphatic carbocycles. The van der Waals surface area contributed by atoms with Crippen LogP contribution >= 0.6 is 24.0 Å². The van der Waals surface area contributed by atoms with Gasteiger partial charge in [0.15, 0.2) is 0 Å². The van der Waals surface area contributed by atoms with Crippen LogP contribution in [0.4, 0.5) is 0 Å². The van der Waals surface area contributed by atoms with Crippen molar-refractivity contribution >= 4 is 24.0 Å². The maximum atomic E-state index is 4.56. The van der Waals surface area contributed by atoms with Crippen LogP contribution in [0, 0.1) is 0 Å². The lowest BCUT2D eigenvalue weighted by Gasteiger charge is -2.08. The van der Waals surface area contributed by atoms with Crippen molar-refractivity contribution in [3.05, 3.63) is 15.8 Å². The maximum Gasteiger partial charge on any atom is 0.0210 e. The highest BCUT2D eigenvalue weighted by Gasteiger charge is 2.13. The molecule has 1 unspecified atom stereocenters. The van der Waals surface area contributed by atoms with E-state index in [1.807, 2.05) is 11.3 Å². The Morgan fingerprint density at radius 3 is 2.43 bits per heavy atom. The van der Waals surface area contributed by atoms with E-state index < -0.39 is 0 Å². The Kier molecular flexibility index (Phi) is 4.52. The van der Waals surface area contributed by atoms with Gasteiger partial charge in [-0.05, 0) is 24.3 Å². The Bertz CT molecular complexity index is 287. The summed E-state index contributed by atoms with van der Waals surface area (Å²) >= 11 is 6.50. The molecular formula is C12H20S2. The Morgan fingerprint density at radius 2 is 2.00 bits per heavy atom. The van der Waals surface area contributed by atoms with Crippen molar-refractivity contribution in [2.24, 2.45) is 0 Å². The van der Waals surface area contributed by atoms with Crippen molar-refractivity contribution in [1.29, 1.82) is 0 Å². The molecule has 0 fully saturated rings. The van der Waals surface area contributed by atoms with Gasteiger partial charge in [-0.2, -0.15) is 0 Å². The second-order valence-corrected chi connectivity index (χ2v) is 5.84. The average molecular weight is 228 g/mol. The third-order valence-electron chi connectivity index (χ3n) is 2.50. The highest BCUT2D eigenvalue weighted by atomic mass is 32.1. The number of rotatable bonds is 4. The fraction of sp³-hybridized carbons (Fsp3) is 0.667. The first kappa shape index (κ1) is 12.1. The van der Waals surface area contributed by atoms with Gasteiger partial charge in [-0.3, -0.25) is 0 Å². The van der Waals surface area contributed by atoms with Crippen molar-refractivity contribution in [2.45, 2.75) is 57.3 Å². The fourth-order valence-electron chi connectivity index (χ4n) is 1.62. The minimum absolute atomic E-state index is 0.633. The zero-order valence-corrected chi connectivity index (χ0v) is 11.2. The summed E-state index contributed by atoms with van der Waals surface area (Å²) in [5, 5.41) is 0. The van der Waals surface area contributed by atoms with Crippen LogP contribution < -0.4 is 0 Å². The standard InChI is InChI=1S/C12H20S2/c1-5-6-9(4)12-10(13)7-11(14-12)8(2)3/h7-9,13H,5-6H2,1-4H3. The van der Waals surface area contributed by atoms with Gasteiger partial charge >= 0.3 is 0 Å². The highest BCUT2D eigenvalue weighted by molar-refractivity contribution is 7.80. The van der Waals surface area contributed by atoms with E-state index in [-0.39, 0.29) is 0 Å². The van der Waals surface area contributed by atoms with Crippen LogP contribution in [-0.2, 0) is 0 Å². The van der Waals surface area contributed by atoms with Gasteiger partial charge in [0, 0.05) is 14.6 Å². The summed E-state index contributed by atoms with van der Waals surface area (Å²) in [7, 11) is 0. The van der Waals surface area contributed by atoms with Crippen LogP contribution in [0.1, 0.15) is 62.1 Å². The molecular weight excluding hydrogens is 208 g/mol. The average Bonchev–Trinajstić information content (AvgIpc) is 2.48. The summed E-state index contributed by atoms with van der Waals surface area (Å²) < 4.78 is 0. The van der Waals surface area contributed by atoms with Crippen LogP contribution in [0.2, 0.25) is 0 Å². The van der Waals surface area contributed by atoms with E-state index >= 15 is 0 Å². The van der Waals surface area contributed by atoms with Gasteiger partial charge in [0.25, 0.3) is 0 Å². The zero-order valence-electron chi connectivity index (χ0n) is 9.50. The molecule has 80 valence electrons. The Labute approximate surface area is 97.1 Å². The van der Waals surface area contributed by atoms with Crippen molar-refractivity contribution in [2.75, 3.05) is 0 Å². The molecule has 0 bridgehead atoms. The third kappa shape index (κ3) is 2.77. The van der Waals surface area contributed by atoms with Crippen LogP contribution in [0.3, 0.4) is 0 Å². The number of hydrogen-bond donors (Lipinski definition) is 1. The van der Waals surface area contributed by atoms with E-state index in [0.717, 1.165) is 0 Å². The molecule has 1 aromatic rings. The van der Waals surface area contributed by atoms with Gasteiger partial charge in [0.2, 0.25) is 0 Å². The van der Waals surface area contributed by atoms with E-state index in [1.54, 1.807) is 0 Å². The molecule has 0 radical (unpaired) electrons. The summed E-state index contributed by atoms with van der Waals surface area (Å²) in [5.41, 5.74) is 0. The molecule has 0 saturated carbocycles. The molecule has 0 saturated heterocycles. The summed E-state index contributed by atoms with van der Waals surface area (Å²) in [6.45, 7) is 9.03. The minimum Gasteiger partial charge on any atom is -0.144 e. The summed E-state index contributed by atoms with van der Waals surface area (Å²) in [5.74, 6) is 1.30. The van der Waals surface area contributed by atoms with Gasteiger partial charge < -0.3 is 0 Å². The van der Waals surface area contributed by atoms with Gasteiger partial charge in [0.05, 0.1) is 0 Å². The lowest BCUT2D eigenvalue weighted by atomic mass is 10.0. The Morgan fingerprint density at radius 1 is 1.36 bits per heavy atom. The summed E-state index contributed by atoms with van der Waals surface area (Å²) in [6.07, 6.45) is 2.52. The van der Waals surface area contributed by atoms with Crippen LogP contribution in [0.5, 0.6) is 0 Å². The highest BCUT2D eigenvalue weighted by Crippen LogP contribution is 2.37. The Balaban J connectivity index is 2.86. The lowest BCUT2D eigenvalue weighted by molar-refractivity contribution is 0.667. The first-order chi connectivity index (χ1) is 6.56. The molecule has 0 aromatic carbocycles. The van der Waals surface area contributed by atoms with E-state index in [1.165, 1.54) is 27.5 Å². The summed E-state index contributed by atoms with van der Waals surface area (Å²) in [4.78, 5) is 4.13. The molecule has 1 atom stereocenters. The van der Waals surface area contributed by atoms with Gasteiger partial charge in [0.1, 0.15) is 0 Å². The molecule has 0 nitrogen and oxygen atoms in total. The SMILES string of the molecule is CCCC(C)c1sc(C(C)C)cc1S. The monoisotopic (exact) mass is 228 g/mol. The number of thiophene rings is 1. The van der Waals surface area contributed by atoms with Gasteiger partial charge in [-0.25, -0.2) is 0 Å². The molecule has 1 aromatic heterocycles. The van der Waals surface area contributed by atoms with Crippen LogP contribution in [0.25, 0.3) is 0 Å². The minimum atomic E-state index is 0.633. The van der Waals surface area contributed by atoms with E-state index in [9.17, 15) is 0 Å². The molecule has 0 amide bonds. The molecule has 1 heterocycles. The number of thiol groups is 1. The van der Waals surface area contributed by atoms with E-state index in [0.29, 0.717) is 11.8 Å². The second kappa shape index (κ2) is 5.22. The fourth-order valence-corrected chi connectivity index (χ4v) is 3.35. The molecule has 0 spiro atoms. The second-order valence-electron chi connectivity index (χ2n) is 4.24. The van der Waals surface area contributed by atoms with Crippen LogP contribution in [0.15, 0.2) is 11.0 Å². The quantitative estimate of drug-likeness (QED) is 0.684. The molecule has 0 aliphatic rings. The lowest BCUT2D eigenvalue weighted by Crippen LogP contribution is -1.89. The van der Waals surface area contributed by atoms with Crippen LogP contribution in [-0.4, -0.2) is 0 Å². The molecule has 2 heteroatoms. The van der Waals surface area contributed by atoms with Gasteiger partial charge in [-0.15, -0.1) is 24.0 Å². The number of hydrogen-bond acceptors (Lipinski definition) is 2. The molecule has 0 aliphatic heterocycles. The smallest absolute Gasteiger partial charge is 0.0210 e. The maximum absolute atomic E-state index is 4.56. The Hall–Kier alpha value is 0.0500. The van der Waals surface area contributed by atoms with Crippen molar-refractivity contribution in [3.63, 3.8) is 0 Å². The normalized spacial score (nSPS) is 13.6. The third-order valence-corrected chi connectivity index (χ3v) is 4.69. The molecule has 1 rings (SSSR count). The van der Waals surface area contributed by atoms with Crippen molar-refractivity contribution in [1.82, 2.24) is 0 Å². The predicted molar refractivity (Wildman–Crippen MR) is 69.0 cm³/mol. The van der Waals surface area contributed by atoms with Crippen molar-refractivity contribution in [3.8, 4) is 0 Å². The first-order valence-corrected chi connectivity index (χ1v) is 6.65. The van der Waals surface area contributed by atoms with Crippen molar-refractivity contribution < 1.29 is 0 Å². The molecule has 14 heavy (non-hydrogen) atoms. The first-order valence-electron chi connectivity index (χ1n) is 5.38. The van der Waals surface area contributed by atoms with E-state index in [2.05, 4.69) is 46.4 Å².